The Hall–Kier alpha value is -5.25. The summed E-state index contributed by atoms with van der Waals surface area (Å²) in [6, 6.07) is 22.3. The highest BCUT2D eigenvalue weighted by atomic mass is 16.6. The number of rotatable bonds is 9. The van der Waals surface area contributed by atoms with E-state index in [4.69, 9.17) is 18.9 Å². The van der Waals surface area contributed by atoms with Crippen molar-refractivity contribution in [3.63, 3.8) is 0 Å². The Kier molecular flexibility index (Phi) is 10.9. The minimum atomic E-state index is -2.35. The summed E-state index contributed by atoms with van der Waals surface area (Å²) in [6.45, 7) is 6.90. The van der Waals surface area contributed by atoms with E-state index in [0.29, 0.717) is 0 Å². The number of esters is 3. The molecule has 3 aromatic rings. The number of nitrogens with one attached hydrogen (secondary N) is 1. The third kappa shape index (κ3) is 6.76. The van der Waals surface area contributed by atoms with Crippen LogP contribution in [-0.4, -0.2) is 104 Å². The maximum atomic E-state index is 15.0. The molecular formula is C45H49NO13. The normalized spacial score (nSPS) is 33.0. The molecule has 5 N–H and O–H groups in total. The molecule has 0 radical (unpaired) electrons. The smallest absolute Gasteiger partial charge is 0.338 e. The van der Waals surface area contributed by atoms with Crippen molar-refractivity contribution < 1.29 is 63.3 Å². The number of carbonyl (C=O) groups excluding carboxylic acids is 5. The van der Waals surface area contributed by atoms with Crippen molar-refractivity contribution in [2.75, 3.05) is 6.61 Å². The van der Waals surface area contributed by atoms with Crippen LogP contribution in [0.2, 0.25) is 0 Å². The highest BCUT2D eigenvalue weighted by Gasteiger charge is 2.78. The van der Waals surface area contributed by atoms with Gasteiger partial charge in [0.15, 0.2) is 17.4 Å². The summed E-state index contributed by atoms with van der Waals surface area (Å²) in [5, 5.41) is 51.8. The van der Waals surface area contributed by atoms with Gasteiger partial charge in [-0.15, -0.1) is 0 Å². The van der Waals surface area contributed by atoms with E-state index < -0.39 is 107 Å². The molecule has 0 aromatic heterocycles. The number of hydrogen-bond donors (Lipinski definition) is 5. The Morgan fingerprint density at radius 1 is 0.864 bits per heavy atom. The summed E-state index contributed by atoms with van der Waals surface area (Å²) < 4.78 is 24.3. The van der Waals surface area contributed by atoms with Gasteiger partial charge in [-0.1, -0.05) is 80.6 Å². The van der Waals surface area contributed by atoms with Crippen LogP contribution in [0.15, 0.2) is 102 Å². The van der Waals surface area contributed by atoms with Crippen LogP contribution in [0, 0.1) is 16.7 Å². The number of hydrogen-bond acceptors (Lipinski definition) is 13. The second-order valence-corrected chi connectivity index (χ2v) is 16.8. The van der Waals surface area contributed by atoms with Crippen LogP contribution in [0.25, 0.3) is 0 Å². The van der Waals surface area contributed by atoms with Gasteiger partial charge in [-0.25, -0.2) is 9.59 Å². The Balaban J connectivity index is 1.37. The zero-order chi connectivity index (χ0) is 42.7. The topological polar surface area (TPSA) is 215 Å². The van der Waals surface area contributed by atoms with Crippen molar-refractivity contribution >= 4 is 29.6 Å². The fourth-order valence-corrected chi connectivity index (χ4v) is 9.91. The first-order chi connectivity index (χ1) is 27.9. The zero-order valence-corrected chi connectivity index (χ0v) is 33.4. The van der Waals surface area contributed by atoms with E-state index in [9.17, 15) is 39.6 Å². The predicted molar refractivity (Wildman–Crippen MR) is 208 cm³/mol. The van der Waals surface area contributed by atoms with E-state index in [1.807, 2.05) is 0 Å². The van der Waals surface area contributed by atoms with Crippen LogP contribution >= 0.6 is 0 Å². The second-order valence-electron chi connectivity index (χ2n) is 16.8. The van der Waals surface area contributed by atoms with E-state index >= 15 is 4.79 Å². The SMILES string of the molecule is CC(=O)O[C@@]12CO[C@@H]1C[C@H](O)[C@@]1(C)C(=O)[C@H](O)C3=C(C)[C@@H](OC(=O)[C@H](NC(=O)c4ccccc4)[C@@H](O)c4ccccc4)C[C@@](O)([C@@H](OC(=O)c4ccccc4)[C@H]21)C3(C)C. The van der Waals surface area contributed by atoms with Gasteiger partial charge in [-0.2, -0.15) is 0 Å². The largest absolute Gasteiger partial charge is 0.456 e. The van der Waals surface area contributed by atoms with Gasteiger partial charge in [0, 0.05) is 30.7 Å². The lowest BCUT2D eigenvalue weighted by Gasteiger charge is -2.67. The van der Waals surface area contributed by atoms with Gasteiger partial charge in [0.2, 0.25) is 0 Å². The van der Waals surface area contributed by atoms with Crippen LogP contribution in [-0.2, 0) is 33.3 Å². The average molecular weight is 812 g/mol. The lowest BCUT2D eigenvalue weighted by atomic mass is 9.44. The Morgan fingerprint density at radius 3 is 2.00 bits per heavy atom. The number of Topliss-reactive ketones (excluding diaryl/α,β-unsaturated/α-hetero) is 1. The van der Waals surface area contributed by atoms with Crippen LogP contribution in [0.3, 0.4) is 0 Å². The Bertz CT molecular complexity index is 2160. The minimum Gasteiger partial charge on any atom is -0.456 e. The lowest BCUT2D eigenvalue weighted by Crippen LogP contribution is -2.81. The van der Waals surface area contributed by atoms with Crippen molar-refractivity contribution in [1.29, 1.82) is 0 Å². The van der Waals surface area contributed by atoms with Crippen molar-refractivity contribution in [3.05, 3.63) is 119 Å². The number of ether oxygens (including phenoxy) is 4. The molecule has 1 aliphatic heterocycles. The predicted octanol–water partition coefficient (Wildman–Crippen LogP) is 3.16. The molecule has 14 heteroatoms. The Morgan fingerprint density at radius 2 is 1.44 bits per heavy atom. The number of benzene rings is 3. The third-order valence-corrected chi connectivity index (χ3v) is 13.2. The van der Waals surface area contributed by atoms with Crippen LogP contribution < -0.4 is 5.32 Å². The molecule has 1 heterocycles. The number of aliphatic hydroxyl groups is 4. The number of fused-ring (bicyclic) bond motifs is 5. The third-order valence-electron chi connectivity index (χ3n) is 13.2. The van der Waals surface area contributed by atoms with Crippen molar-refractivity contribution in [1.82, 2.24) is 5.32 Å². The number of amides is 1. The van der Waals surface area contributed by atoms with E-state index in [-0.39, 0.29) is 40.9 Å². The lowest BCUT2D eigenvalue weighted by molar-refractivity contribution is -0.346. The number of aliphatic hydroxyl groups excluding tert-OH is 3. The van der Waals surface area contributed by atoms with Gasteiger partial charge in [0.05, 0.1) is 29.6 Å². The fourth-order valence-electron chi connectivity index (χ4n) is 9.91. The van der Waals surface area contributed by atoms with Gasteiger partial charge in [0.1, 0.15) is 36.1 Å². The maximum Gasteiger partial charge on any atom is 0.338 e. The molecule has 11 atom stereocenters. The molecule has 14 nitrogen and oxygen atoms in total. The highest BCUT2D eigenvalue weighted by molar-refractivity contribution is 5.97. The van der Waals surface area contributed by atoms with Crippen molar-refractivity contribution in [2.24, 2.45) is 16.7 Å². The molecule has 1 saturated heterocycles. The molecule has 0 spiro atoms. The first-order valence-electron chi connectivity index (χ1n) is 19.6. The summed E-state index contributed by atoms with van der Waals surface area (Å²) in [5.74, 6) is -5.91. The van der Waals surface area contributed by atoms with Gasteiger partial charge < -0.3 is 44.7 Å². The molecule has 312 valence electrons. The molecule has 7 rings (SSSR count). The molecule has 0 unspecified atom stereocenters. The molecule has 59 heavy (non-hydrogen) atoms. The number of ketones is 1. The monoisotopic (exact) mass is 811 g/mol. The first kappa shape index (κ1) is 41.9. The minimum absolute atomic E-state index is 0.0521. The van der Waals surface area contributed by atoms with Crippen LogP contribution in [0.4, 0.5) is 0 Å². The van der Waals surface area contributed by atoms with Gasteiger partial charge in [0.25, 0.3) is 5.91 Å². The molecule has 2 bridgehead atoms. The second kappa shape index (κ2) is 15.4. The van der Waals surface area contributed by atoms with Crippen LogP contribution in [0.1, 0.15) is 79.8 Å². The summed E-state index contributed by atoms with van der Waals surface area (Å²) in [4.78, 5) is 70.0. The fraction of sp³-hybridized carbons (Fsp3) is 0.444. The van der Waals surface area contributed by atoms with Crippen molar-refractivity contribution in [2.45, 2.75) is 101 Å². The number of carbonyl (C=O) groups is 5. The standard InChI is InChI=1S/C45H49NO13/c1-24-29(57-41(54)33(34(49)26-15-9-6-10-16-26)46-39(52)27-17-11-7-12-18-27)22-45(55)38(58-40(53)28-19-13-8-14-20-28)36-43(5,37(51)35(50)32(24)42(45,3)4)30(48)21-31-44(36,23-56-31)59-25(2)47/h6-20,29-31,33-36,38,48-50,55H,21-23H2,1-5H3,(H,46,52)/t29-,30-,31+,33+,34-,35+,36-,38-,43+,44-,45+/m0/s1. The van der Waals surface area contributed by atoms with E-state index in [1.54, 1.807) is 80.6 Å². The van der Waals surface area contributed by atoms with E-state index in [1.165, 1.54) is 38.1 Å². The molecular weight excluding hydrogens is 762 g/mol. The summed E-state index contributed by atoms with van der Waals surface area (Å²) in [5.41, 5.74) is -7.04. The van der Waals surface area contributed by atoms with Gasteiger partial charge >= 0.3 is 17.9 Å². The Labute approximate surface area is 341 Å². The van der Waals surface area contributed by atoms with Gasteiger partial charge in [-0.05, 0) is 54.8 Å². The summed E-state index contributed by atoms with van der Waals surface area (Å²) >= 11 is 0. The summed E-state index contributed by atoms with van der Waals surface area (Å²) in [7, 11) is 0. The highest BCUT2D eigenvalue weighted by Crippen LogP contribution is 2.64. The molecule has 3 fully saturated rings. The van der Waals surface area contributed by atoms with E-state index in [2.05, 4.69) is 5.32 Å². The average Bonchev–Trinajstić information content (AvgIpc) is 3.21. The van der Waals surface area contributed by atoms with Gasteiger partial charge in [-0.3, -0.25) is 14.4 Å². The molecule has 3 aromatic carbocycles. The van der Waals surface area contributed by atoms with Crippen LogP contribution in [0.5, 0.6) is 0 Å². The first-order valence-corrected chi connectivity index (χ1v) is 19.6. The zero-order valence-electron chi connectivity index (χ0n) is 33.4. The molecule has 4 aliphatic rings. The van der Waals surface area contributed by atoms with E-state index in [0.717, 1.165) is 6.92 Å². The molecule has 3 aliphatic carbocycles. The summed E-state index contributed by atoms with van der Waals surface area (Å²) in [6.07, 6.45) is -10.1. The quantitative estimate of drug-likeness (QED) is 0.120. The maximum absolute atomic E-state index is 15.0. The van der Waals surface area contributed by atoms with Crippen molar-refractivity contribution in [3.8, 4) is 0 Å². The molecule has 2 saturated carbocycles. The molecule has 1 amide bonds.